The molecule has 0 unspecified atom stereocenters. The van der Waals surface area contributed by atoms with Crippen LogP contribution in [0.2, 0.25) is 0 Å². The Morgan fingerprint density at radius 2 is 1.81 bits per heavy atom. The fraction of sp³-hybridized carbons (Fsp3) is 0.500. The number of pyridine rings is 1. The topological polar surface area (TPSA) is 48.9 Å². The minimum absolute atomic E-state index is 0.0837. The Balaban J connectivity index is 1.68. The molecule has 0 N–H and O–H groups in total. The van der Waals surface area contributed by atoms with Crippen molar-refractivity contribution in [2.24, 2.45) is 0 Å². The third-order valence-corrected chi connectivity index (χ3v) is 5.37. The molecule has 6 nitrogen and oxygen atoms in total. The monoisotopic (exact) mass is 354 g/mol. The fourth-order valence-corrected chi connectivity index (χ4v) is 3.73. The Labute approximate surface area is 154 Å². The third kappa shape index (κ3) is 3.39. The fourth-order valence-electron chi connectivity index (χ4n) is 3.73. The summed E-state index contributed by atoms with van der Waals surface area (Å²) in [5.74, 6) is 0.997. The molecular weight excluding hydrogens is 328 g/mol. The van der Waals surface area contributed by atoms with Gasteiger partial charge in [0.05, 0.1) is 24.3 Å². The molecule has 0 radical (unpaired) electrons. The number of carbonyl (C=O) groups is 1. The van der Waals surface area contributed by atoms with Crippen LogP contribution in [0, 0.1) is 0 Å². The van der Waals surface area contributed by atoms with Crippen LogP contribution < -0.4 is 4.90 Å². The van der Waals surface area contributed by atoms with E-state index in [9.17, 15) is 4.79 Å². The number of benzene rings is 1. The Hall–Kier alpha value is -2.18. The van der Waals surface area contributed by atoms with Crippen LogP contribution >= 0.6 is 0 Å². The first-order valence-corrected chi connectivity index (χ1v) is 9.50. The first kappa shape index (κ1) is 17.2. The maximum Gasteiger partial charge on any atom is 0.254 e. The molecule has 3 heterocycles. The van der Waals surface area contributed by atoms with Crippen molar-refractivity contribution in [3.8, 4) is 0 Å². The Kier molecular flexibility index (Phi) is 5.04. The molecule has 0 aliphatic carbocycles. The molecule has 2 aliphatic heterocycles. The zero-order chi connectivity index (χ0) is 17.9. The molecule has 4 rings (SSSR count). The van der Waals surface area contributed by atoms with Crippen LogP contribution in [-0.2, 0) is 4.74 Å². The summed E-state index contributed by atoms with van der Waals surface area (Å²) < 4.78 is 5.39. The molecule has 0 saturated carbocycles. The van der Waals surface area contributed by atoms with E-state index in [4.69, 9.17) is 9.72 Å². The van der Waals surface area contributed by atoms with Crippen molar-refractivity contribution < 1.29 is 9.53 Å². The van der Waals surface area contributed by atoms with Gasteiger partial charge in [0.2, 0.25) is 0 Å². The zero-order valence-corrected chi connectivity index (χ0v) is 15.4. The van der Waals surface area contributed by atoms with Crippen LogP contribution in [-0.4, -0.2) is 79.7 Å². The van der Waals surface area contributed by atoms with Gasteiger partial charge in [-0.15, -0.1) is 0 Å². The largest absolute Gasteiger partial charge is 0.378 e. The van der Waals surface area contributed by atoms with E-state index in [-0.39, 0.29) is 5.91 Å². The van der Waals surface area contributed by atoms with Crippen molar-refractivity contribution in [1.29, 1.82) is 0 Å². The van der Waals surface area contributed by atoms with Gasteiger partial charge in [0, 0.05) is 44.7 Å². The van der Waals surface area contributed by atoms with Crippen LogP contribution in [0.4, 0.5) is 5.82 Å². The van der Waals surface area contributed by atoms with E-state index >= 15 is 0 Å². The lowest BCUT2D eigenvalue weighted by Gasteiger charge is -2.35. The van der Waals surface area contributed by atoms with Crippen molar-refractivity contribution in [3.05, 3.63) is 35.9 Å². The predicted molar refractivity (Wildman–Crippen MR) is 103 cm³/mol. The van der Waals surface area contributed by atoms with Gasteiger partial charge in [-0.2, -0.15) is 0 Å². The lowest BCUT2D eigenvalue weighted by Crippen LogP contribution is -2.46. The second kappa shape index (κ2) is 7.60. The minimum atomic E-state index is 0.0837. The maximum atomic E-state index is 13.2. The second-order valence-corrected chi connectivity index (χ2v) is 6.87. The number of anilines is 1. The first-order valence-electron chi connectivity index (χ1n) is 9.50. The molecule has 2 fully saturated rings. The number of nitrogens with zero attached hydrogens (tertiary/aromatic N) is 4. The molecule has 0 spiro atoms. The number of para-hydroxylation sites is 1. The molecule has 1 aromatic heterocycles. The van der Waals surface area contributed by atoms with Gasteiger partial charge in [-0.25, -0.2) is 4.98 Å². The van der Waals surface area contributed by atoms with Gasteiger partial charge in [0.1, 0.15) is 5.82 Å². The van der Waals surface area contributed by atoms with Gasteiger partial charge in [0.15, 0.2) is 0 Å². The minimum Gasteiger partial charge on any atom is -0.378 e. The summed E-state index contributed by atoms with van der Waals surface area (Å²) in [4.78, 5) is 24.6. The van der Waals surface area contributed by atoms with Crippen molar-refractivity contribution >= 4 is 22.6 Å². The predicted octanol–water partition coefficient (Wildman–Crippen LogP) is 1.85. The number of carbonyl (C=O) groups excluding carboxylic acids is 1. The van der Waals surface area contributed by atoms with E-state index in [2.05, 4.69) is 16.7 Å². The Morgan fingerprint density at radius 3 is 2.54 bits per heavy atom. The quantitative estimate of drug-likeness (QED) is 0.842. The van der Waals surface area contributed by atoms with Crippen LogP contribution in [0.3, 0.4) is 0 Å². The highest BCUT2D eigenvalue weighted by atomic mass is 16.5. The van der Waals surface area contributed by atoms with E-state index in [1.54, 1.807) is 0 Å². The normalized spacial score (nSPS) is 19.1. The lowest BCUT2D eigenvalue weighted by molar-refractivity contribution is 0.0304. The molecule has 2 aromatic rings. The number of hydrogen-bond donors (Lipinski definition) is 0. The smallest absolute Gasteiger partial charge is 0.254 e. The maximum absolute atomic E-state index is 13.2. The number of rotatable bonds is 3. The summed E-state index contributed by atoms with van der Waals surface area (Å²) in [6, 6.07) is 9.94. The van der Waals surface area contributed by atoms with Gasteiger partial charge in [-0.1, -0.05) is 25.1 Å². The molecule has 0 bridgehead atoms. The van der Waals surface area contributed by atoms with E-state index in [1.165, 1.54) is 0 Å². The number of amides is 1. The lowest BCUT2D eigenvalue weighted by atomic mass is 10.1. The molecule has 1 amide bonds. The number of likely N-dealkylation sites (N-methyl/N-ethyl adjacent to an activating group) is 1. The highest BCUT2D eigenvalue weighted by Crippen LogP contribution is 2.25. The zero-order valence-electron chi connectivity index (χ0n) is 15.4. The van der Waals surface area contributed by atoms with E-state index < -0.39 is 0 Å². The average Bonchev–Trinajstić information content (AvgIpc) is 2.73. The van der Waals surface area contributed by atoms with Gasteiger partial charge >= 0.3 is 0 Å². The number of ether oxygens (including phenoxy) is 1. The third-order valence-electron chi connectivity index (χ3n) is 5.37. The Morgan fingerprint density at radius 1 is 1.08 bits per heavy atom. The van der Waals surface area contributed by atoms with Gasteiger partial charge in [-0.05, 0) is 18.7 Å². The second-order valence-electron chi connectivity index (χ2n) is 6.87. The van der Waals surface area contributed by atoms with Crippen molar-refractivity contribution in [1.82, 2.24) is 14.8 Å². The molecule has 138 valence electrons. The van der Waals surface area contributed by atoms with E-state index in [1.807, 2.05) is 35.2 Å². The number of piperazine rings is 1. The molecule has 6 heteroatoms. The Bertz CT molecular complexity index is 780. The van der Waals surface area contributed by atoms with Crippen molar-refractivity contribution in [3.63, 3.8) is 0 Å². The van der Waals surface area contributed by atoms with Crippen LogP contribution in [0.5, 0.6) is 0 Å². The van der Waals surface area contributed by atoms with E-state index in [0.717, 1.165) is 55.0 Å². The van der Waals surface area contributed by atoms with Crippen molar-refractivity contribution in [2.45, 2.75) is 6.92 Å². The van der Waals surface area contributed by atoms with Crippen LogP contribution in [0.25, 0.3) is 10.9 Å². The number of fused-ring (bicyclic) bond motifs is 1. The molecule has 1 aromatic carbocycles. The molecular formula is C20H26N4O2. The highest BCUT2D eigenvalue weighted by Gasteiger charge is 2.24. The van der Waals surface area contributed by atoms with E-state index in [0.29, 0.717) is 26.3 Å². The van der Waals surface area contributed by atoms with Crippen LogP contribution in [0.1, 0.15) is 17.3 Å². The SMILES string of the molecule is CCN1CCN(c2cc(C(=O)N3CCOCC3)c3ccccc3n2)CC1. The summed E-state index contributed by atoms with van der Waals surface area (Å²) in [5, 5.41) is 0.930. The number of morpholine rings is 1. The average molecular weight is 354 g/mol. The van der Waals surface area contributed by atoms with Crippen LogP contribution in [0.15, 0.2) is 30.3 Å². The van der Waals surface area contributed by atoms with Gasteiger partial charge < -0.3 is 19.4 Å². The first-order chi connectivity index (χ1) is 12.8. The number of hydrogen-bond acceptors (Lipinski definition) is 5. The molecule has 0 atom stereocenters. The van der Waals surface area contributed by atoms with Gasteiger partial charge in [-0.3, -0.25) is 4.79 Å². The molecule has 2 saturated heterocycles. The van der Waals surface area contributed by atoms with Crippen molar-refractivity contribution in [2.75, 3.05) is 63.9 Å². The highest BCUT2D eigenvalue weighted by molar-refractivity contribution is 6.07. The standard InChI is InChI=1S/C20H26N4O2/c1-2-22-7-9-23(10-8-22)19-15-17(16-5-3-4-6-18(16)21-19)20(25)24-11-13-26-14-12-24/h3-6,15H,2,7-14H2,1H3. The van der Waals surface area contributed by atoms with Gasteiger partial charge in [0.25, 0.3) is 5.91 Å². The number of aromatic nitrogens is 1. The summed E-state index contributed by atoms with van der Waals surface area (Å²) in [6.45, 7) is 9.79. The molecule has 2 aliphatic rings. The summed E-state index contributed by atoms with van der Waals surface area (Å²) >= 11 is 0. The molecule has 26 heavy (non-hydrogen) atoms. The summed E-state index contributed by atoms with van der Waals surface area (Å²) in [7, 11) is 0. The summed E-state index contributed by atoms with van der Waals surface area (Å²) in [5.41, 5.74) is 1.64. The summed E-state index contributed by atoms with van der Waals surface area (Å²) in [6.07, 6.45) is 0.